The first-order chi connectivity index (χ1) is 34.5. The Labute approximate surface area is 438 Å². The molecule has 6 nitrogen and oxygen atoms in total. The molecule has 0 saturated carbocycles. The zero-order valence-corrected chi connectivity index (χ0v) is 47.5. The van der Waals surface area contributed by atoms with E-state index in [2.05, 4.69) is 31.3 Å². The molecule has 0 aliphatic rings. The lowest BCUT2D eigenvalue weighted by molar-refractivity contribution is -0.143. The number of carbonyl (C=O) groups is 2. The van der Waals surface area contributed by atoms with Gasteiger partial charge in [0.1, 0.15) is 0 Å². The second kappa shape index (κ2) is 60.2. The van der Waals surface area contributed by atoms with Gasteiger partial charge < -0.3 is 20.3 Å². The summed E-state index contributed by atoms with van der Waals surface area (Å²) in [5.41, 5.74) is 0. The lowest BCUT2D eigenvalue weighted by atomic mass is 10.0. The average molecular weight is 989 g/mol. The van der Waals surface area contributed by atoms with E-state index < -0.39 is 12.1 Å². The van der Waals surface area contributed by atoms with Crippen LogP contribution < -0.4 is 5.32 Å². The number of ether oxygens (including phenoxy) is 1. The van der Waals surface area contributed by atoms with Gasteiger partial charge in [-0.25, -0.2) is 0 Å². The minimum atomic E-state index is -0.670. The van der Waals surface area contributed by atoms with Gasteiger partial charge in [0.2, 0.25) is 5.91 Å². The van der Waals surface area contributed by atoms with Gasteiger partial charge in [0.25, 0.3) is 0 Å². The Morgan fingerprint density at radius 2 is 0.671 bits per heavy atom. The highest BCUT2D eigenvalue weighted by Crippen LogP contribution is 2.18. The van der Waals surface area contributed by atoms with E-state index in [0.29, 0.717) is 25.9 Å². The molecule has 416 valence electrons. The number of hydrogen-bond donors (Lipinski definition) is 3. The number of nitrogens with one attached hydrogen (secondary N) is 1. The fourth-order valence-electron chi connectivity index (χ4n) is 10.2. The number of aliphatic hydroxyl groups is 2. The molecule has 0 spiro atoms. The molecular formula is C64H125NO5. The van der Waals surface area contributed by atoms with Crippen LogP contribution in [0.2, 0.25) is 0 Å². The Morgan fingerprint density at radius 3 is 1.01 bits per heavy atom. The highest BCUT2D eigenvalue weighted by atomic mass is 16.5. The van der Waals surface area contributed by atoms with E-state index in [9.17, 15) is 19.8 Å². The molecule has 6 heteroatoms. The molecule has 0 rings (SSSR count). The number of unbranched alkanes of at least 4 members (excludes halogenated alkanes) is 47. The maximum absolute atomic E-state index is 12.5. The Hall–Kier alpha value is -1.40. The van der Waals surface area contributed by atoms with Gasteiger partial charge in [-0.2, -0.15) is 0 Å². The van der Waals surface area contributed by atoms with Gasteiger partial charge in [-0.15, -0.1) is 0 Å². The van der Waals surface area contributed by atoms with Crippen LogP contribution in [-0.2, 0) is 14.3 Å². The SMILES string of the molecule is CCCCCCCC/C=C\CCCCCCCCCCCC(=O)OCCCCCCCCCCCCCCCCCC(=O)NC(CO)C(O)CCCCCCCCCCCCCCCCCCCCC. The fraction of sp³-hybridized carbons (Fsp3) is 0.938. The molecule has 70 heavy (non-hydrogen) atoms. The summed E-state index contributed by atoms with van der Waals surface area (Å²) in [5.74, 6) is -0.0381. The van der Waals surface area contributed by atoms with Crippen LogP contribution in [0.3, 0.4) is 0 Å². The van der Waals surface area contributed by atoms with Crippen molar-refractivity contribution >= 4 is 11.9 Å². The Bertz CT molecular complexity index is 1050. The van der Waals surface area contributed by atoms with Gasteiger partial charge in [0.05, 0.1) is 25.4 Å². The molecule has 0 fully saturated rings. The molecule has 2 unspecified atom stereocenters. The number of allylic oxidation sites excluding steroid dienone is 2. The number of amides is 1. The smallest absolute Gasteiger partial charge is 0.305 e. The second-order valence-corrected chi connectivity index (χ2v) is 22.1. The minimum absolute atomic E-state index is 0.00151. The molecule has 0 aromatic rings. The van der Waals surface area contributed by atoms with E-state index in [4.69, 9.17) is 4.74 Å². The third-order valence-corrected chi connectivity index (χ3v) is 15.1. The van der Waals surface area contributed by atoms with Crippen LogP contribution in [0.1, 0.15) is 361 Å². The van der Waals surface area contributed by atoms with Crippen LogP contribution in [0.25, 0.3) is 0 Å². The first-order valence-electron chi connectivity index (χ1n) is 31.9. The van der Waals surface area contributed by atoms with Crippen LogP contribution in [0.5, 0.6) is 0 Å². The third kappa shape index (κ3) is 55.9. The van der Waals surface area contributed by atoms with E-state index >= 15 is 0 Å². The molecule has 0 aromatic heterocycles. The summed E-state index contributed by atoms with van der Waals surface area (Å²) in [7, 11) is 0. The minimum Gasteiger partial charge on any atom is -0.466 e. The highest BCUT2D eigenvalue weighted by Gasteiger charge is 2.20. The summed E-state index contributed by atoms with van der Waals surface area (Å²) in [6, 6.07) is -0.548. The standard InChI is InChI=1S/C64H125NO5/c1-3-5-7-9-11-13-15-17-19-21-23-25-28-32-36-40-44-48-52-56-62(67)61(60-66)65-63(68)57-53-49-45-41-37-33-29-27-31-35-39-43-47-51-55-59-70-64(69)58-54-50-46-42-38-34-30-26-24-22-20-18-16-14-12-10-8-6-4-2/h18,20,61-62,66-67H,3-17,19,21-60H2,1-2H3,(H,65,68)/b20-18-. The van der Waals surface area contributed by atoms with Gasteiger partial charge in [0.15, 0.2) is 0 Å². The van der Waals surface area contributed by atoms with Crippen molar-refractivity contribution in [2.75, 3.05) is 13.2 Å². The highest BCUT2D eigenvalue weighted by molar-refractivity contribution is 5.76. The molecule has 0 radical (unpaired) electrons. The number of hydrogen-bond acceptors (Lipinski definition) is 5. The fourth-order valence-corrected chi connectivity index (χ4v) is 10.2. The van der Waals surface area contributed by atoms with Crippen LogP contribution >= 0.6 is 0 Å². The summed E-state index contributed by atoms with van der Waals surface area (Å²) in [6.07, 6.45) is 72.2. The summed E-state index contributed by atoms with van der Waals surface area (Å²) < 4.78 is 5.50. The molecular weight excluding hydrogens is 863 g/mol. The van der Waals surface area contributed by atoms with Crippen molar-refractivity contribution in [1.82, 2.24) is 5.32 Å². The Morgan fingerprint density at radius 1 is 0.386 bits per heavy atom. The van der Waals surface area contributed by atoms with Crippen molar-refractivity contribution in [3.8, 4) is 0 Å². The monoisotopic (exact) mass is 988 g/mol. The third-order valence-electron chi connectivity index (χ3n) is 15.1. The predicted molar refractivity (Wildman–Crippen MR) is 306 cm³/mol. The van der Waals surface area contributed by atoms with E-state index in [-0.39, 0.29) is 18.5 Å². The Balaban J connectivity index is 3.41. The van der Waals surface area contributed by atoms with Gasteiger partial charge in [-0.05, 0) is 51.4 Å². The molecule has 0 bridgehead atoms. The lowest BCUT2D eigenvalue weighted by Gasteiger charge is -2.22. The van der Waals surface area contributed by atoms with E-state index in [1.807, 2.05) is 0 Å². The first kappa shape index (κ1) is 68.6. The van der Waals surface area contributed by atoms with Crippen molar-refractivity contribution < 1.29 is 24.5 Å². The predicted octanol–water partition coefficient (Wildman–Crippen LogP) is 20.0. The summed E-state index contributed by atoms with van der Waals surface area (Å²) in [5, 5.41) is 23.4. The van der Waals surface area contributed by atoms with Crippen molar-refractivity contribution in [3.63, 3.8) is 0 Å². The maximum atomic E-state index is 12.5. The zero-order chi connectivity index (χ0) is 50.7. The molecule has 3 N–H and O–H groups in total. The first-order valence-corrected chi connectivity index (χ1v) is 31.9. The van der Waals surface area contributed by atoms with Crippen molar-refractivity contribution in [1.29, 1.82) is 0 Å². The second-order valence-electron chi connectivity index (χ2n) is 22.1. The lowest BCUT2D eigenvalue weighted by Crippen LogP contribution is -2.45. The van der Waals surface area contributed by atoms with Crippen molar-refractivity contribution in [3.05, 3.63) is 12.2 Å². The van der Waals surface area contributed by atoms with E-state index in [0.717, 1.165) is 44.9 Å². The molecule has 0 aliphatic heterocycles. The van der Waals surface area contributed by atoms with Gasteiger partial charge in [0, 0.05) is 12.8 Å². The quantitative estimate of drug-likeness (QED) is 0.0321. The van der Waals surface area contributed by atoms with Crippen molar-refractivity contribution in [2.45, 2.75) is 373 Å². The summed E-state index contributed by atoms with van der Waals surface area (Å²) in [6.45, 7) is 4.96. The molecule has 0 aliphatic carbocycles. The summed E-state index contributed by atoms with van der Waals surface area (Å²) in [4.78, 5) is 24.6. The van der Waals surface area contributed by atoms with E-state index in [1.165, 1.54) is 283 Å². The number of rotatable bonds is 60. The van der Waals surface area contributed by atoms with Gasteiger partial charge in [-0.3, -0.25) is 9.59 Å². The zero-order valence-electron chi connectivity index (χ0n) is 47.5. The molecule has 0 aromatic carbocycles. The van der Waals surface area contributed by atoms with Crippen LogP contribution in [0.15, 0.2) is 12.2 Å². The number of carbonyl (C=O) groups excluding carboxylic acids is 2. The van der Waals surface area contributed by atoms with Crippen molar-refractivity contribution in [2.24, 2.45) is 0 Å². The molecule has 1 amide bonds. The largest absolute Gasteiger partial charge is 0.466 e. The van der Waals surface area contributed by atoms with Gasteiger partial charge in [-0.1, -0.05) is 309 Å². The molecule has 2 atom stereocenters. The van der Waals surface area contributed by atoms with E-state index in [1.54, 1.807) is 0 Å². The number of aliphatic hydroxyl groups excluding tert-OH is 2. The molecule has 0 heterocycles. The maximum Gasteiger partial charge on any atom is 0.305 e. The molecule has 0 saturated heterocycles. The summed E-state index contributed by atoms with van der Waals surface area (Å²) >= 11 is 0. The van der Waals surface area contributed by atoms with Gasteiger partial charge >= 0.3 is 5.97 Å². The van der Waals surface area contributed by atoms with Crippen LogP contribution in [0.4, 0.5) is 0 Å². The average Bonchev–Trinajstić information content (AvgIpc) is 3.36. The normalized spacial score (nSPS) is 12.6. The number of esters is 1. The van der Waals surface area contributed by atoms with Crippen LogP contribution in [-0.4, -0.2) is 47.4 Å². The van der Waals surface area contributed by atoms with Crippen LogP contribution in [0, 0.1) is 0 Å². The topological polar surface area (TPSA) is 95.9 Å². The Kier molecular flexibility index (Phi) is 59.0.